The molecule has 0 aromatic carbocycles. The van der Waals surface area contributed by atoms with Gasteiger partial charge in [0.2, 0.25) is 0 Å². The maximum atomic E-state index is 10.7. The number of aliphatic hydroxyl groups is 1. The molecule has 1 N–H and O–H groups in total. The van der Waals surface area contributed by atoms with E-state index in [9.17, 15) is 5.11 Å². The number of hydrogen-bond donors (Lipinski definition) is 1. The summed E-state index contributed by atoms with van der Waals surface area (Å²) >= 11 is 3.64. The summed E-state index contributed by atoms with van der Waals surface area (Å²) in [4.78, 5) is 0. The third-order valence-electron chi connectivity index (χ3n) is 4.44. The van der Waals surface area contributed by atoms with Gasteiger partial charge in [-0.15, -0.1) is 0 Å². The molecular weight excluding hydrogens is 276 g/mol. The average molecular weight is 305 g/mol. The summed E-state index contributed by atoms with van der Waals surface area (Å²) in [7, 11) is 0. The molecule has 2 heteroatoms. The quantitative estimate of drug-likeness (QED) is 0.708. The van der Waals surface area contributed by atoms with Crippen LogP contribution in [0, 0.1) is 28.6 Å². The van der Waals surface area contributed by atoms with Crippen molar-refractivity contribution in [2.45, 2.75) is 60.5 Å². The molecule has 1 aliphatic rings. The maximum Gasteiger partial charge on any atom is 0.0606 e. The van der Waals surface area contributed by atoms with E-state index >= 15 is 0 Å². The van der Waals surface area contributed by atoms with Crippen molar-refractivity contribution in [3.63, 3.8) is 0 Å². The summed E-state index contributed by atoms with van der Waals surface area (Å²) in [6, 6.07) is 0. The Hall–Kier alpha value is 0.440. The molecule has 0 bridgehead atoms. The molecule has 0 radical (unpaired) electrons. The standard InChI is InChI=1S/C15H29BrO/c1-14(2,3)11-7-10(9-16)8-12(13(11)17)15(4,5)6/h10-13,17H,7-9H2,1-6H3. The van der Waals surface area contributed by atoms with Gasteiger partial charge in [-0.3, -0.25) is 0 Å². The van der Waals surface area contributed by atoms with Gasteiger partial charge >= 0.3 is 0 Å². The molecule has 1 aliphatic carbocycles. The van der Waals surface area contributed by atoms with E-state index in [0.717, 1.165) is 18.2 Å². The Balaban J connectivity index is 2.94. The highest BCUT2D eigenvalue weighted by molar-refractivity contribution is 9.09. The third-order valence-corrected chi connectivity index (χ3v) is 5.36. The molecule has 1 fully saturated rings. The van der Waals surface area contributed by atoms with Crippen LogP contribution in [0.1, 0.15) is 54.4 Å². The summed E-state index contributed by atoms with van der Waals surface area (Å²) in [5.74, 6) is 1.55. The van der Waals surface area contributed by atoms with Crippen LogP contribution in [0.3, 0.4) is 0 Å². The van der Waals surface area contributed by atoms with Gasteiger partial charge < -0.3 is 5.11 Å². The zero-order chi connectivity index (χ0) is 13.4. The summed E-state index contributed by atoms with van der Waals surface area (Å²) in [5.41, 5.74) is 0.396. The first-order valence-electron chi connectivity index (χ1n) is 6.81. The zero-order valence-corrected chi connectivity index (χ0v) is 13.8. The van der Waals surface area contributed by atoms with Crippen molar-refractivity contribution in [2.75, 3.05) is 5.33 Å². The lowest BCUT2D eigenvalue weighted by molar-refractivity contribution is -0.0800. The summed E-state index contributed by atoms with van der Waals surface area (Å²) in [5, 5.41) is 11.8. The number of alkyl halides is 1. The monoisotopic (exact) mass is 304 g/mol. The first-order valence-corrected chi connectivity index (χ1v) is 7.93. The van der Waals surface area contributed by atoms with E-state index < -0.39 is 0 Å². The second-order valence-electron chi connectivity index (χ2n) is 7.93. The molecule has 0 saturated heterocycles. The van der Waals surface area contributed by atoms with Gasteiger partial charge in [-0.2, -0.15) is 0 Å². The van der Waals surface area contributed by atoms with Crippen molar-refractivity contribution in [2.24, 2.45) is 28.6 Å². The maximum absolute atomic E-state index is 10.7. The summed E-state index contributed by atoms with van der Waals surface area (Å²) in [6.07, 6.45) is 2.16. The molecule has 2 unspecified atom stereocenters. The van der Waals surface area contributed by atoms with Gasteiger partial charge in [0.25, 0.3) is 0 Å². The smallest absolute Gasteiger partial charge is 0.0606 e. The Kier molecular flexibility index (Phi) is 4.75. The first kappa shape index (κ1) is 15.5. The lowest BCUT2D eigenvalue weighted by atomic mass is 9.59. The lowest BCUT2D eigenvalue weighted by Gasteiger charge is -2.49. The Morgan fingerprint density at radius 2 is 1.29 bits per heavy atom. The van der Waals surface area contributed by atoms with Crippen molar-refractivity contribution in [3.8, 4) is 0 Å². The van der Waals surface area contributed by atoms with E-state index in [-0.39, 0.29) is 16.9 Å². The van der Waals surface area contributed by atoms with Crippen LogP contribution in [0.2, 0.25) is 0 Å². The first-order chi connectivity index (χ1) is 7.57. The average Bonchev–Trinajstić information content (AvgIpc) is 2.14. The molecule has 0 amide bonds. The van der Waals surface area contributed by atoms with Crippen molar-refractivity contribution in [1.82, 2.24) is 0 Å². The minimum atomic E-state index is -0.148. The number of halogens is 1. The van der Waals surface area contributed by atoms with Crippen molar-refractivity contribution >= 4 is 15.9 Å². The van der Waals surface area contributed by atoms with E-state index in [2.05, 4.69) is 57.5 Å². The molecule has 102 valence electrons. The zero-order valence-electron chi connectivity index (χ0n) is 12.3. The summed E-state index contributed by atoms with van der Waals surface area (Å²) < 4.78 is 0. The highest BCUT2D eigenvalue weighted by Gasteiger charge is 2.45. The van der Waals surface area contributed by atoms with Crippen LogP contribution in [0.25, 0.3) is 0 Å². The van der Waals surface area contributed by atoms with E-state index in [1.165, 1.54) is 0 Å². The van der Waals surface area contributed by atoms with Crippen LogP contribution >= 0.6 is 15.9 Å². The van der Waals surface area contributed by atoms with Gasteiger partial charge in [-0.05, 0) is 41.4 Å². The van der Waals surface area contributed by atoms with Gasteiger partial charge in [0.15, 0.2) is 0 Å². The fourth-order valence-electron chi connectivity index (χ4n) is 3.23. The SMILES string of the molecule is CC(C)(C)C1CC(CBr)CC(C(C)(C)C)C1O. The molecule has 1 rings (SSSR count). The largest absolute Gasteiger partial charge is 0.393 e. The lowest BCUT2D eigenvalue weighted by Crippen LogP contribution is -2.47. The van der Waals surface area contributed by atoms with E-state index in [1.54, 1.807) is 0 Å². The van der Waals surface area contributed by atoms with Crippen LogP contribution in [0.15, 0.2) is 0 Å². The highest BCUT2D eigenvalue weighted by Crippen LogP contribution is 2.48. The van der Waals surface area contributed by atoms with E-state index in [0.29, 0.717) is 17.8 Å². The van der Waals surface area contributed by atoms with Crippen LogP contribution in [0.4, 0.5) is 0 Å². The predicted molar refractivity (Wildman–Crippen MR) is 78.4 cm³/mol. The minimum absolute atomic E-state index is 0.148. The number of hydrogen-bond acceptors (Lipinski definition) is 1. The van der Waals surface area contributed by atoms with Gasteiger partial charge in [-0.1, -0.05) is 57.5 Å². The Morgan fingerprint density at radius 3 is 1.53 bits per heavy atom. The number of rotatable bonds is 1. The predicted octanol–water partition coefficient (Wildman–Crippen LogP) is 4.48. The normalized spacial score (nSPS) is 36.0. The molecule has 0 heterocycles. The third kappa shape index (κ3) is 3.70. The minimum Gasteiger partial charge on any atom is -0.393 e. The fraction of sp³-hybridized carbons (Fsp3) is 1.00. The molecule has 0 spiro atoms. The molecular formula is C15H29BrO. The summed E-state index contributed by atoms with van der Waals surface area (Å²) in [6.45, 7) is 13.6. The van der Waals surface area contributed by atoms with Crippen molar-refractivity contribution in [1.29, 1.82) is 0 Å². The van der Waals surface area contributed by atoms with Gasteiger partial charge in [-0.25, -0.2) is 0 Å². The molecule has 1 nitrogen and oxygen atoms in total. The van der Waals surface area contributed by atoms with Gasteiger partial charge in [0, 0.05) is 5.33 Å². The Morgan fingerprint density at radius 1 is 0.941 bits per heavy atom. The molecule has 0 aromatic heterocycles. The molecule has 1 saturated carbocycles. The highest BCUT2D eigenvalue weighted by atomic mass is 79.9. The Bertz CT molecular complexity index is 225. The van der Waals surface area contributed by atoms with Gasteiger partial charge in [0.1, 0.15) is 0 Å². The Labute approximate surface area is 116 Å². The van der Waals surface area contributed by atoms with Gasteiger partial charge in [0.05, 0.1) is 6.10 Å². The van der Waals surface area contributed by atoms with E-state index in [4.69, 9.17) is 0 Å². The van der Waals surface area contributed by atoms with E-state index in [1.807, 2.05) is 0 Å². The van der Waals surface area contributed by atoms with Crippen molar-refractivity contribution in [3.05, 3.63) is 0 Å². The van der Waals surface area contributed by atoms with Crippen LogP contribution in [-0.2, 0) is 0 Å². The molecule has 17 heavy (non-hydrogen) atoms. The molecule has 0 aliphatic heterocycles. The fourth-order valence-corrected chi connectivity index (χ4v) is 3.76. The number of aliphatic hydroxyl groups excluding tert-OH is 1. The second-order valence-corrected chi connectivity index (χ2v) is 8.57. The molecule has 0 aromatic rings. The topological polar surface area (TPSA) is 20.2 Å². The van der Waals surface area contributed by atoms with Crippen LogP contribution in [-0.4, -0.2) is 16.5 Å². The van der Waals surface area contributed by atoms with Crippen LogP contribution in [0.5, 0.6) is 0 Å². The second kappa shape index (κ2) is 5.21. The van der Waals surface area contributed by atoms with Crippen molar-refractivity contribution < 1.29 is 5.11 Å². The molecule has 2 atom stereocenters. The van der Waals surface area contributed by atoms with Crippen LogP contribution < -0.4 is 0 Å².